The van der Waals surface area contributed by atoms with E-state index in [0.29, 0.717) is 0 Å². The van der Waals surface area contributed by atoms with E-state index < -0.39 is 0 Å². The maximum absolute atomic E-state index is 14.5. The van der Waals surface area contributed by atoms with Crippen LogP contribution in [0.5, 0.6) is 0 Å². The summed E-state index contributed by atoms with van der Waals surface area (Å²) in [5, 5.41) is 0. The lowest BCUT2D eigenvalue weighted by molar-refractivity contribution is 0.0704. The van der Waals surface area contributed by atoms with Crippen LogP contribution in [0.1, 0.15) is 52.3 Å². The summed E-state index contributed by atoms with van der Waals surface area (Å²) in [7, 11) is 1.80. The summed E-state index contributed by atoms with van der Waals surface area (Å²) < 4.78 is 14.5. The quantitative estimate of drug-likeness (QED) is 0.816. The first-order valence-corrected chi connectivity index (χ1v) is 10.1. The Morgan fingerprint density at radius 3 is 2.46 bits per heavy atom. The molecule has 0 radical (unpaired) electrons. The zero-order valence-corrected chi connectivity index (χ0v) is 16.8. The molecule has 1 amide bonds. The van der Waals surface area contributed by atoms with Crippen LogP contribution in [-0.2, 0) is 12.8 Å². The van der Waals surface area contributed by atoms with Gasteiger partial charge in [-0.15, -0.1) is 0 Å². The van der Waals surface area contributed by atoms with E-state index in [1.807, 2.05) is 19.9 Å². The Balaban J connectivity index is 1.44. The molecule has 1 aliphatic heterocycles. The Hall–Kier alpha value is -2.50. The Morgan fingerprint density at radius 1 is 1.11 bits per heavy atom. The van der Waals surface area contributed by atoms with Crippen LogP contribution in [0.3, 0.4) is 0 Å². The van der Waals surface area contributed by atoms with Crippen molar-refractivity contribution < 1.29 is 9.18 Å². The number of benzene rings is 1. The predicted molar refractivity (Wildman–Crippen MR) is 107 cm³/mol. The molecule has 1 fully saturated rings. The lowest BCUT2D eigenvalue weighted by Gasteiger charge is -2.37. The van der Waals surface area contributed by atoms with Crippen molar-refractivity contribution in [3.05, 3.63) is 52.2 Å². The SMILES string of the molecule is Cc1cc(N2CCC(N(C)C(=O)c3cc4c(cc3F)CCC4)CC2)nc(C)n1. The first-order valence-electron chi connectivity index (χ1n) is 10.1. The van der Waals surface area contributed by atoms with Gasteiger partial charge in [0.1, 0.15) is 17.5 Å². The van der Waals surface area contributed by atoms with Crippen molar-refractivity contribution in [3.8, 4) is 0 Å². The molecule has 4 rings (SSSR count). The molecule has 2 aliphatic rings. The number of nitrogens with zero attached hydrogens (tertiary/aromatic N) is 4. The van der Waals surface area contributed by atoms with E-state index in [1.165, 1.54) is 0 Å². The zero-order valence-electron chi connectivity index (χ0n) is 16.8. The van der Waals surface area contributed by atoms with Gasteiger partial charge in [-0.1, -0.05) is 0 Å². The molecule has 28 heavy (non-hydrogen) atoms. The number of carbonyl (C=O) groups excluding carboxylic acids is 1. The van der Waals surface area contributed by atoms with Gasteiger partial charge < -0.3 is 9.80 Å². The molecule has 0 atom stereocenters. The summed E-state index contributed by atoms with van der Waals surface area (Å²) >= 11 is 0. The standard InChI is InChI=1S/C22H27FN4O/c1-14-11-21(25-15(2)24-14)27-9-7-18(8-10-27)26(3)22(28)19-12-16-5-4-6-17(16)13-20(19)23/h11-13,18H,4-10H2,1-3H3. The molecular weight excluding hydrogens is 355 g/mol. The fourth-order valence-electron chi connectivity index (χ4n) is 4.46. The summed E-state index contributed by atoms with van der Waals surface area (Å²) in [6.45, 7) is 5.53. The van der Waals surface area contributed by atoms with Crippen LogP contribution in [0.15, 0.2) is 18.2 Å². The fourth-order valence-corrected chi connectivity index (χ4v) is 4.46. The minimum absolute atomic E-state index is 0.112. The third-order valence-corrected chi connectivity index (χ3v) is 6.02. The number of halogens is 1. The van der Waals surface area contributed by atoms with Gasteiger partial charge in [0, 0.05) is 37.9 Å². The van der Waals surface area contributed by atoms with Gasteiger partial charge in [-0.2, -0.15) is 0 Å². The lowest BCUT2D eigenvalue weighted by Crippen LogP contribution is -2.46. The summed E-state index contributed by atoms with van der Waals surface area (Å²) in [6.07, 6.45) is 4.59. The minimum atomic E-state index is -0.387. The molecule has 0 N–H and O–H groups in total. The summed E-state index contributed by atoms with van der Waals surface area (Å²) in [5.41, 5.74) is 3.36. The number of hydrogen-bond acceptors (Lipinski definition) is 4. The van der Waals surface area contributed by atoms with Crippen molar-refractivity contribution >= 4 is 11.7 Å². The third-order valence-electron chi connectivity index (χ3n) is 6.02. The molecule has 5 nitrogen and oxygen atoms in total. The monoisotopic (exact) mass is 382 g/mol. The fraction of sp³-hybridized carbons (Fsp3) is 0.500. The number of fused-ring (bicyclic) bond motifs is 1. The average Bonchev–Trinajstić information content (AvgIpc) is 3.12. The van der Waals surface area contributed by atoms with Gasteiger partial charge in [-0.3, -0.25) is 4.79 Å². The Kier molecular flexibility index (Phi) is 5.04. The number of anilines is 1. The van der Waals surface area contributed by atoms with Gasteiger partial charge in [0.05, 0.1) is 5.56 Å². The maximum atomic E-state index is 14.5. The molecule has 148 valence electrons. The number of amides is 1. The molecule has 0 saturated carbocycles. The normalized spacial score (nSPS) is 16.9. The molecule has 0 spiro atoms. The van der Waals surface area contributed by atoms with E-state index in [2.05, 4.69) is 14.9 Å². The Labute approximate surface area is 165 Å². The predicted octanol–water partition coefficient (Wildman–Crippen LogP) is 3.46. The van der Waals surface area contributed by atoms with E-state index in [1.54, 1.807) is 24.1 Å². The highest BCUT2D eigenvalue weighted by Crippen LogP contribution is 2.27. The molecular formula is C22H27FN4O. The average molecular weight is 382 g/mol. The van der Waals surface area contributed by atoms with E-state index >= 15 is 0 Å². The van der Waals surface area contributed by atoms with Crippen LogP contribution < -0.4 is 4.90 Å². The molecule has 6 heteroatoms. The third kappa shape index (κ3) is 3.60. The zero-order chi connectivity index (χ0) is 19.8. The molecule has 1 saturated heterocycles. The first kappa shape index (κ1) is 18.8. The van der Waals surface area contributed by atoms with Crippen LogP contribution in [-0.4, -0.2) is 47.0 Å². The lowest BCUT2D eigenvalue weighted by atomic mass is 10.0. The Bertz CT molecular complexity index is 885. The molecule has 2 heterocycles. The number of aromatic nitrogens is 2. The van der Waals surface area contributed by atoms with E-state index in [9.17, 15) is 9.18 Å². The molecule has 0 unspecified atom stereocenters. The number of piperidine rings is 1. The van der Waals surface area contributed by atoms with Crippen LogP contribution in [0.2, 0.25) is 0 Å². The number of hydrogen-bond donors (Lipinski definition) is 0. The van der Waals surface area contributed by atoms with Crippen molar-refractivity contribution in [2.24, 2.45) is 0 Å². The number of aryl methyl sites for hydroxylation is 4. The van der Waals surface area contributed by atoms with Gasteiger partial charge in [0.2, 0.25) is 0 Å². The van der Waals surface area contributed by atoms with E-state index in [0.717, 1.165) is 73.7 Å². The van der Waals surface area contributed by atoms with Gasteiger partial charge in [0.25, 0.3) is 5.91 Å². The summed E-state index contributed by atoms with van der Waals surface area (Å²) in [4.78, 5) is 25.8. The number of carbonyl (C=O) groups is 1. The van der Waals surface area contributed by atoms with Crippen LogP contribution in [0.4, 0.5) is 10.2 Å². The second-order valence-corrected chi connectivity index (χ2v) is 8.00. The van der Waals surface area contributed by atoms with Crippen LogP contribution in [0.25, 0.3) is 0 Å². The second-order valence-electron chi connectivity index (χ2n) is 8.00. The van der Waals surface area contributed by atoms with Crippen molar-refractivity contribution in [3.63, 3.8) is 0 Å². The van der Waals surface area contributed by atoms with Crippen LogP contribution >= 0.6 is 0 Å². The maximum Gasteiger partial charge on any atom is 0.256 e. The van der Waals surface area contributed by atoms with Gasteiger partial charge >= 0.3 is 0 Å². The highest BCUT2D eigenvalue weighted by atomic mass is 19.1. The molecule has 1 aromatic carbocycles. The Morgan fingerprint density at radius 2 is 1.79 bits per heavy atom. The summed E-state index contributed by atoms with van der Waals surface area (Å²) in [6, 6.07) is 5.45. The topological polar surface area (TPSA) is 49.3 Å². The van der Waals surface area contributed by atoms with E-state index in [-0.39, 0.29) is 23.3 Å². The smallest absolute Gasteiger partial charge is 0.256 e. The van der Waals surface area contributed by atoms with Gasteiger partial charge in [-0.05, 0) is 69.2 Å². The highest BCUT2D eigenvalue weighted by molar-refractivity contribution is 5.95. The molecule has 1 aromatic heterocycles. The largest absolute Gasteiger partial charge is 0.356 e. The number of rotatable bonds is 3. The van der Waals surface area contributed by atoms with Crippen molar-refractivity contribution in [1.29, 1.82) is 0 Å². The first-order chi connectivity index (χ1) is 13.4. The van der Waals surface area contributed by atoms with Crippen LogP contribution in [0, 0.1) is 19.7 Å². The molecule has 1 aliphatic carbocycles. The van der Waals surface area contributed by atoms with Crippen molar-refractivity contribution in [1.82, 2.24) is 14.9 Å². The van der Waals surface area contributed by atoms with Gasteiger partial charge in [0.15, 0.2) is 0 Å². The highest BCUT2D eigenvalue weighted by Gasteiger charge is 2.29. The molecule has 2 aromatic rings. The van der Waals surface area contributed by atoms with E-state index in [4.69, 9.17) is 0 Å². The summed E-state index contributed by atoms with van der Waals surface area (Å²) in [5.74, 6) is 1.12. The minimum Gasteiger partial charge on any atom is -0.356 e. The molecule has 0 bridgehead atoms. The van der Waals surface area contributed by atoms with Gasteiger partial charge in [-0.25, -0.2) is 14.4 Å². The van der Waals surface area contributed by atoms with Crippen molar-refractivity contribution in [2.45, 2.75) is 52.0 Å². The van der Waals surface area contributed by atoms with Crippen molar-refractivity contribution in [2.75, 3.05) is 25.0 Å². The second kappa shape index (κ2) is 7.49.